The van der Waals surface area contributed by atoms with Gasteiger partial charge in [-0.1, -0.05) is 6.42 Å². The van der Waals surface area contributed by atoms with Crippen LogP contribution in [0.4, 0.5) is 0 Å². The van der Waals surface area contributed by atoms with Gasteiger partial charge in [0.15, 0.2) is 0 Å². The van der Waals surface area contributed by atoms with Gasteiger partial charge in [0.1, 0.15) is 0 Å². The summed E-state index contributed by atoms with van der Waals surface area (Å²) in [4.78, 5) is 0. The summed E-state index contributed by atoms with van der Waals surface area (Å²) in [5.41, 5.74) is -0.125. The molecule has 4 unspecified atom stereocenters. The van der Waals surface area contributed by atoms with Gasteiger partial charge in [-0.05, 0) is 49.9 Å². The molecule has 80 valence electrons. The van der Waals surface area contributed by atoms with Crippen LogP contribution in [-0.4, -0.2) is 23.9 Å². The molecule has 0 aromatic rings. The van der Waals surface area contributed by atoms with Gasteiger partial charge in [-0.15, -0.1) is 0 Å². The van der Waals surface area contributed by atoms with Crippen LogP contribution in [0.3, 0.4) is 0 Å². The van der Waals surface area contributed by atoms with E-state index in [0.717, 1.165) is 31.3 Å². The first-order chi connectivity index (χ1) is 6.84. The molecule has 3 aliphatic rings. The lowest BCUT2D eigenvalue weighted by Crippen LogP contribution is -2.43. The molecule has 4 atom stereocenters. The van der Waals surface area contributed by atoms with Gasteiger partial charge in [-0.2, -0.15) is 0 Å². The van der Waals surface area contributed by atoms with Crippen molar-refractivity contribution in [2.45, 2.75) is 44.1 Å². The Labute approximate surface area is 85.6 Å². The van der Waals surface area contributed by atoms with Crippen LogP contribution >= 0.6 is 0 Å². The van der Waals surface area contributed by atoms with Crippen molar-refractivity contribution in [3.8, 4) is 0 Å². The van der Waals surface area contributed by atoms with E-state index in [0.29, 0.717) is 5.92 Å². The lowest BCUT2D eigenvalue weighted by Gasteiger charge is -2.37. The van der Waals surface area contributed by atoms with Gasteiger partial charge in [-0.3, -0.25) is 0 Å². The second-order valence-electron chi connectivity index (χ2n) is 5.46. The molecular formula is C12H20O2. The number of fused-ring (bicyclic) bond motifs is 2. The van der Waals surface area contributed by atoms with E-state index in [4.69, 9.17) is 4.74 Å². The minimum Gasteiger partial charge on any atom is -0.393 e. The van der Waals surface area contributed by atoms with E-state index >= 15 is 0 Å². The molecule has 2 aliphatic carbocycles. The first-order valence-corrected chi connectivity index (χ1v) is 6.09. The topological polar surface area (TPSA) is 29.5 Å². The van der Waals surface area contributed by atoms with E-state index in [1.807, 2.05) is 0 Å². The summed E-state index contributed by atoms with van der Waals surface area (Å²) in [5.74, 6) is 2.50. The van der Waals surface area contributed by atoms with Crippen molar-refractivity contribution < 1.29 is 9.84 Å². The number of aliphatic hydroxyl groups is 1. The summed E-state index contributed by atoms with van der Waals surface area (Å²) in [7, 11) is 0. The quantitative estimate of drug-likeness (QED) is 0.731. The van der Waals surface area contributed by atoms with Gasteiger partial charge in [0.2, 0.25) is 0 Å². The first-order valence-electron chi connectivity index (χ1n) is 6.09. The molecule has 0 aromatic carbocycles. The second kappa shape index (κ2) is 3.21. The van der Waals surface area contributed by atoms with E-state index in [9.17, 15) is 5.11 Å². The molecule has 2 bridgehead atoms. The summed E-state index contributed by atoms with van der Waals surface area (Å²) in [5, 5.41) is 9.58. The second-order valence-corrected chi connectivity index (χ2v) is 5.46. The molecule has 3 rings (SSSR count). The zero-order valence-corrected chi connectivity index (χ0v) is 8.74. The van der Waals surface area contributed by atoms with Gasteiger partial charge in [0.25, 0.3) is 0 Å². The van der Waals surface area contributed by atoms with Gasteiger partial charge in [-0.25, -0.2) is 0 Å². The number of hydrogen-bond acceptors (Lipinski definition) is 2. The molecule has 0 spiro atoms. The molecule has 1 heterocycles. The predicted octanol–water partition coefficient (Wildman–Crippen LogP) is 1.96. The van der Waals surface area contributed by atoms with Crippen LogP contribution in [0.15, 0.2) is 0 Å². The Balaban J connectivity index is 1.80. The lowest BCUT2D eigenvalue weighted by atomic mass is 9.75. The van der Waals surface area contributed by atoms with Crippen molar-refractivity contribution in [2.24, 2.45) is 17.8 Å². The average molecular weight is 196 g/mol. The van der Waals surface area contributed by atoms with Gasteiger partial charge < -0.3 is 9.84 Å². The third-order valence-corrected chi connectivity index (χ3v) is 4.82. The van der Waals surface area contributed by atoms with Crippen LogP contribution in [0, 0.1) is 17.8 Å². The van der Waals surface area contributed by atoms with Crippen molar-refractivity contribution in [3.05, 3.63) is 0 Å². The minimum absolute atomic E-state index is 0.125. The van der Waals surface area contributed by atoms with Crippen molar-refractivity contribution in [1.82, 2.24) is 0 Å². The highest BCUT2D eigenvalue weighted by Gasteiger charge is 2.52. The van der Waals surface area contributed by atoms with E-state index in [-0.39, 0.29) is 12.2 Å². The third-order valence-electron chi connectivity index (χ3n) is 4.82. The molecule has 2 saturated carbocycles. The molecule has 1 aliphatic heterocycles. The van der Waals surface area contributed by atoms with E-state index < -0.39 is 0 Å². The number of hydrogen-bond donors (Lipinski definition) is 1. The summed E-state index contributed by atoms with van der Waals surface area (Å²) in [6, 6.07) is 0. The number of aliphatic hydroxyl groups excluding tert-OH is 1. The first kappa shape index (κ1) is 9.17. The fraction of sp³-hybridized carbons (Fsp3) is 1.00. The summed E-state index contributed by atoms with van der Waals surface area (Å²) < 4.78 is 5.88. The average Bonchev–Trinajstić information content (AvgIpc) is 2.94. The van der Waals surface area contributed by atoms with Crippen LogP contribution < -0.4 is 0 Å². The van der Waals surface area contributed by atoms with E-state index in [1.165, 1.54) is 25.7 Å². The maximum atomic E-state index is 9.58. The summed E-state index contributed by atoms with van der Waals surface area (Å²) in [6.45, 7) is 1.12. The molecule has 2 nitrogen and oxygen atoms in total. The minimum atomic E-state index is -0.125. The van der Waals surface area contributed by atoms with Crippen LogP contribution in [0.1, 0.15) is 38.5 Å². The maximum Gasteiger partial charge on any atom is 0.0943 e. The fourth-order valence-electron chi connectivity index (χ4n) is 4.14. The van der Waals surface area contributed by atoms with E-state index in [1.54, 1.807) is 0 Å². The van der Waals surface area contributed by atoms with E-state index in [2.05, 4.69) is 0 Å². The SMILES string of the molecule is OCC1(C2CC3CCC2C3)CCCO1. The highest BCUT2D eigenvalue weighted by molar-refractivity contribution is 5.02. The monoisotopic (exact) mass is 196 g/mol. The Morgan fingerprint density at radius 2 is 2.21 bits per heavy atom. The zero-order chi connectivity index (χ0) is 9.60. The van der Waals surface area contributed by atoms with Gasteiger partial charge >= 0.3 is 0 Å². The molecule has 3 fully saturated rings. The molecule has 1 saturated heterocycles. The Kier molecular flexibility index (Phi) is 2.10. The highest BCUT2D eigenvalue weighted by atomic mass is 16.5. The normalized spacial score (nSPS) is 51.6. The zero-order valence-electron chi connectivity index (χ0n) is 8.74. The van der Waals surface area contributed by atoms with Crippen LogP contribution in [0.5, 0.6) is 0 Å². The largest absolute Gasteiger partial charge is 0.393 e. The Bertz CT molecular complexity index is 220. The maximum absolute atomic E-state index is 9.58. The van der Waals surface area contributed by atoms with Crippen molar-refractivity contribution in [2.75, 3.05) is 13.2 Å². The van der Waals surface area contributed by atoms with Crippen molar-refractivity contribution >= 4 is 0 Å². The molecule has 0 amide bonds. The molecule has 0 radical (unpaired) electrons. The number of rotatable bonds is 2. The molecule has 0 aromatic heterocycles. The summed E-state index contributed by atoms with van der Waals surface area (Å²) >= 11 is 0. The van der Waals surface area contributed by atoms with Crippen molar-refractivity contribution in [3.63, 3.8) is 0 Å². The van der Waals surface area contributed by atoms with Gasteiger partial charge in [0, 0.05) is 6.61 Å². The van der Waals surface area contributed by atoms with Gasteiger partial charge in [0.05, 0.1) is 12.2 Å². The van der Waals surface area contributed by atoms with Crippen LogP contribution in [0.25, 0.3) is 0 Å². The predicted molar refractivity (Wildman–Crippen MR) is 53.9 cm³/mol. The molecule has 2 heteroatoms. The molecular weight excluding hydrogens is 176 g/mol. The smallest absolute Gasteiger partial charge is 0.0943 e. The van der Waals surface area contributed by atoms with Crippen LogP contribution in [-0.2, 0) is 4.74 Å². The standard InChI is InChI=1S/C12H20O2/c13-8-12(4-1-5-14-12)11-7-9-2-3-10(11)6-9/h9-11,13H,1-8H2. The fourth-order valence-corrected chi connectivity index (χ4v) is 4.14. The molecule has 14 heavy (non-hydrogen) atoms. The van der Waals surface area contributed by atoms with Crippen molar-refractivity contribution in [1.29, 1.82) is 0 Å². The molecule has 1 N–H and O–H groups in total. The Morgan fingerprint density at radius 3 is 2.71 bits per heavy atom. The number of ether oxygens (including phenoxy) is 1. The Hall–Kier alpha value is -0.0800. The third kappa shape index (κ3) is 1.17. The highest BCUT2D eigenvalue weighted by Crippen LogP contribution is 2.54. The Morgan fingerprint density at radius 1 is 1.29 bits per heavy atom. The summed E-state index contributed by atoms with van der Waals surface area (Å²) in [6.07, 6.45) is 7.80. The lowest BCUT2D eigenvalue weighted by molar-refractivity contribution is -0.0943. The van der Waals surface area contributed by atoms with Crippen LogP contribution in [0.2, 0.25) is 0 Å².